The Hall–Kier alpha value is -2.67. The molecule has 30 heavy (non-hydrogen) atoms. The van der Waals surface area contributed by atoms with Crippen molar-refractivity contribution in [2.45, 2.75) is 57.5 Å². The van der Waals surface area contributed by atoms with Gasteiger partial charge in [0.2, 0.25) is 0 Å². The maximum atomic E-state index is 12.5. The van der Waals surface area contributed by atoms with Gasteiger partial charge in [0.25, 0.3) is 11.6 Å². The maximum absolute atomic E-state index is 12.5. The largest absolute Gasteiger partial charge is 0.424 e. The highest BCUT2D eigenvalue weighted by Crippen LogP contribution is 2.21. The fraction of sp³-hybridized carbons (Fsp3) is 0.522. The number of aromatic nitrogens is 3. The molecule has 0 radical (unpaired) electrons. The highest BCUT2D eigenvalue weighted by atomic mass is 16.4. The van der Waals surface area contributed by atoms with E-state index in [-0.39, 0.29) is 5.56 Å². The van der Waals surface area contributed by atoms with Crippen LogP contribution in [0.4, 0.5) is 6.01 Å². The first-order valence-corrected chi connectivity index (χ1v) is 11.2. The molecule has 0 saturated carbocycles. The number of para-hydroxylation sites is 2. The smallest absolute Gasteiger partial charge is 0.295 e. The quantitative estimate of drug-likeness (QED) is 0.676. The topological polar surface area (TPSA) is 76.2 Å². The second kappa shape index (κ2) is 8.60. The molecule has 7 nitrogen and oxygen atoms in total. The van der Waals surface area contributed by atoms with E-state index in [2.05, 4.69) is 20.3 Å². The zero-order chi connectivity index (χ0) is 20.3. The first-order valence-electron chi connectivity index (χ1n) is 11.2. The van der Waals surface area contributed by atoms with E-state index >= 15 is 0 Å². The van der Waals surface area contributed by atoms with Crippen LogP contribution in [0.25, 0.3) is 11.1 Å². The van der Waals surface area contributed by atoms with E-state index in [4.69, 9.17) is 4.42 Å². The molecule has 1 saturated heterocycles. The number of oxazole rings is 1. The van der Waals surface area contributed by atoms with Gasteiger partial charge in [-0.25, -0.2) is 4.68 Å². The standard InChI is InChI=1S/C23H29N5O2/c29-22-15-17-7-1-2-9-19(17)26-28(22)14-13-27-12-6-5-8-18(27)16-24-23-25-20-10-3-4-11-21(20)30-23/h3-4,10-11,15,18H,1-2,5-9,12-14,16H2,(H,24,25). The third-order valence-electron chi connectivity index (χ3n) is 6.40. The van der Waals surface area contributed by atoms with E-state index in [0.29, 0.717) is 18.6 Å². The summed E-state index contributed by atoms with van der Waals surface area (Å²) in [6.07, 6.45) is 7.90. The summed E-state index contributed by atoms with van der Waals surface area (Å²) in [5, 5.41) is 8.06. The molecular formula is C23H29N5O2. The second-order valence-electron chi connectivity index (χ2n) is 8.44. The SMILES string of the molecule is O=c1cc2c(nn1CCN1CCCCC1CNc1nc3ccccc3o1)CCCC2. The summed E-state index contributed by atoms with van der Waals surface area (Å²) in [6.45, 7) is 3.33. The fourth-order valence-corrected chi connectivity index (χ4v) is 4.72. The number of hydrogen-bond donors (Lipinski definition) is 1. The Labute approximate surface area is 176 Å². The molecule has 0 spiro atoms. The average molecular weight is 408 g/mol. The summed E-state index contributed by atoms with van der Waals surface area (Å²) in [7, 11) is 0. The molecule has 2 aromatic heterocycles. The summed E-state index contributed by atoms with van der Waals surface area (Å²) < 4.78 is 7.47. The van der Waals surface area contributed by atoms with Gasteiger partial charge >= 0.3 is 0 Å². The van der Waals surface area contributed by atoms with Crippen LogP contribution < -0.4 is 10.9 Å². The molecule has 0 bridgehead atoms. The third-order valence-corrected chi connectivity index (χ3v) is 6.40. The van der Waals surface area contributed by atoms with Crippen molar-refractivity contribution >= 4 is 17.1 Å². The molecule has 158 valence electrons. The summed E-state index contributed by atoms with van der Waals surface area (Å²) in [6, 6.07) is 10.6. The number of piperidine rings is 1. The van der Waals surface area contributed by atoms with Gasteiger partial charge in [-0.3, -0.25) is 9.69 Å². The van der Waals surface area contributed by atoms with E-state index < -0.39 is 0 Å². The van der Waals surface area contributed by atoms with Crippen LogP contribution in [0.15, 0.2) is 39.5 Å². The van der Waals surface area contributed by atoms with Crippen molar-refractivity contribution < 1.29 is 4.42 Å². The van der Waals surface area contributed by atoms with Crippen LogP contribution in [0.3, 0.4) is 0 Å². The van der Waals surface area contributed by atoms with Crippen LogP contribution in [0, 0.1) is 0 Å². The molecule has 1 aliphatic carbocycles. The Bertz CT molecular complexity index is 1040. The highest BCUT2D eigenvalue weighted by molar-refractivity contribution is 5.74. The molecule has 1 aliphatic heterocycles. The lowest BCUT2D eigenvalue weighted by Gasteiger charge is -2.35. The Kier molecular flexibility index (Phi) is 5.53. The lowest BCUT2D eigenvalue weighted by Crippen LogP contribution is -2.45. The number of fused-ring (bicyclic) bond motifs is 2. The molecule has 1 aromatic carbocycles. The number of aryl methyl sites for hydroxylation is 2. The number of likely N-dealkylation sites (tertiary alicyclic amines) is 1. The lowest BCUT2D eigenvalue weighted by molar-refractivity contribution is 0.147. The minimum absolute atomic E-state index is 0.0359. The Morgan fingerprint density at radius 2 is 2.00 bits per heavy atom. The number of nitrogens with zero attached hydrogens (tertiary/aromatic N) is 4. The van der Waals surface area contributed by atoms with Gasteiger partial charge in [-0.2, -0.15) is 10.1 Å². The zero-order valence-corrected chi connectivity index (χ0v) is 17.3. The van der Waals surface area contributed by atoms with Crippen LogP contribution in [-0.2, 0) is 19.4 Å². The molecule has 3 heterocycles. The number of anilines is 1. The first kappa shape index (κ1) is 19.3. The first-order chi connectivity index (χ1) is 14.8. The van der Waals surface area contributed by atoms with Crippen LogP contribution >= 0.6 is 0 Å². The van der Waals surface area contributed by atoms with Crippen molar-refractivity contribution in [2.24, 2.45) is 0 Å². The van der Waals surface area contributed by atoms with Gasteiger partial charge in [0, 0.05) is 25.2 Å². The van der Waals surface area contributed by atoms with Gasteiger partial charge in [0.05, 0.1) is 12.2 Å². The summed E-state index contributed by atoms with van der Waals surface area (Å²) in [5.41, 5.74) is 3.99. The number of rotatable bonds is 6. The van der Waals surface area contributed by atoms with E-state index in [1.165, 1.54) is 25.7 Å². The van der Waals surface area contributed by atoms with E-state index in [1.54, 1.807) is 4.68 Å². The van der Waals surface area contributed by atoms with Crippen LogP contribution in [0.1, 0.15) is 43.4 Å². The Balaban J connectivity index is 1.22. The summed E-state index contributed by atoms with van der Waals surface area (Å²) >= 11 is 0. The monoisotopic (exact) mass is 407 g/mol. The van der Waals surface area contributed by atoms with Gasteiger partial charge < -0.3 is 9.73 Å². The van der Waals surface area contributed by atoms with Gasteiger partial charge in [0.15, 0.2) is 5.58 Å². The van der Waals surface area contributed by atoms with Crippen molar-refractivity contribution in [3.63, 3.8) is 0 Å². The maximum Gasteiger partial charge on any atom is 0.295 e. The summed E-state index contributed by atoms with van der Waals surface area (Å²) in [4.78, 5) is 19.5. The minimum atomic E-state index is 0.0359. The van der Waals surface area contributed by atoms with Gasteiger partial charge in [-0.15, -0.1) is 0 Å². The van der Waals surface area contributed by atoms with Crippen molar-refractivity contribution in [1.29, 1.82) is 0 Å². The van der Waals surface area contributed by atoms with Gasteiger partial charge in [-0.1, -0.05) is 18.6 Å². The number of hydrogen-bond acceptors (Lipinski definition) is 6. The van der Waals surface area contributed by atoms with Crippen molar-refractivity contribution in [3.8, 4) is 0 Å². The molecule has 1 fully saturated rings. The predicted molar refractivity (Wildman–Crippen MR) is 117 cm³/mol. The Morgan fingerprint density at radius 1 is 1.10 bits per heavy atom. The third kappa shape index (κ3) is 4.12. The van der Waals surface area contributed by atoms with E-state index in [9.17, 15) is 4.79 Å². The van der Waals surface area contributed by atoms with Crippen LogP contribution in [0.2, 0.25) is 0 Å². The fourth-order valence-electron chi connectivity index (χ4n) is 4.72. The molecule has 7 heteroatoms. The van der Waals surface area contributed by atoms with Crippen molar-refractivity contribution in [1.82, 2.24) is 19.7 Å². The molecule has 1 N–H and O–H groups in total. The number of nitrogens with one attached hydrogen (secondary N) is 1. The second-order valence-corrected chi connectivity index (χ2v) is 8.44. The van der Waals surface area contributed by atoms with Gasteiger partial charge in [0.1, 0.15) is 5.52 Å². The van der Waals surface area contributed by atoms with Crippen molar-refractivity contribution in [2.75, 3.05) is 25.0 Å². The molecule has 3 aromatic rings. The zero-order valence-electron chi connectivity index (χ0n) is 17.3. The van der Waals surface area contributed by atoms with Crippen LogP contribution in [-0.4, -0.2) is 45.3 Å². The molecule has 5 rings (SSSR count). The molecular weight excluding hydrogens is 378 g/mol. The molecule has 0 amide bonds. The predicted octanol–water partition coefficient (Wildman–Crippen LogP) is 3.23. The molecule has 1 atom stereocenters. The van der Waals surface area contributed by atoms with Gasteiger partial charge in [-0.05, 0) is 62.8 Å². The molecule has 2 aliphatic rings. The lowest BCUT2D eigenvalue weighted by atomic mass is 9.97. The molecule has 1 unspecified atom stereocenters. The number of benzene rings is 1. The van der Waals surface area contributed by atoms with E-state index in [0.717, 1.165) is 61.3 Å². The average Bonchev–Trinajstić information content (AvgIpc) is 3.20. The highest BCUT2D eigenvalue weighted by Gasteiger charge is 2.23. The van der Waals surface area contributed by atoms with E-state index in [1.807, 2.05) is 30.3 Å². The summed E-state index contributed by atoms with van der Waals surface area (Å²) in [5.74, 6) is 0. The minimum Gasteiger partial charge on any atom is -0.424 e. The normalized spacial score (nSPS) is 19.7. The van der Waals surface area contributed by atoms with Crippen LogP contribution in [0.5, 0.6) is 0 Å². The van der Waals surface area contributed by atoms with Crippen molar-refractivity contribution in [3.05, 3.63) is 51.9 Å². The Morgan fingerprint density at radius 3 is 2.93 bits per heavy atom.